The van der Waals surface area contributed by atoms with E-state index in [1.54, 1.807) is 0 Å². The lowest BCUT2D eigenvalue weighted by Gasteiger charge is -2.31. The summed E-state index contributed by atoms with van der Waals surface area (Å²) in [5.74, 6) is 1.25. The number of nitrogens with two attached hydrogens (primary N) is 1. The second-order valence-electron chi connectivity index (χ2n) is 6.52. The van der Waals surface area contributed by atoms with Gasteiger partial charge in [-0.05, 0) is 35.7 Å². The molecule has 5 heteroatoms. The Balaban J connectivity index is 1.59. The number of anilines is 1. The lowest BCUT2D eigenvalue weighted by Crippen LogP contribution is -2.39. The van der Waals surface area contributed by atoms with Crippen LogP contribution in [0.25, 0.3) is 22.0 Å². The fraction of sp³-hybridized carbons (Fsp3) is 0.250. The van der Waals surface area contributed by atoms with Crippen molar-refractivity contribution in [2.45, 2.75) is 12.8 Å². The van der Waals surface area contributed by atoms with E-state index in [4.69, 9.17) is 16.1 Å². The van der Waals surface area contributed by atoms with Crippen molar-refractivity contribution in [1.82, 2.24) is 9.97 Å². The van der Waals surface area contributed by atoms with Crippen molar-refractivity contribution < 1.29 is 0 Å². The molecule has 1 aliphatic heterocycles. The first-order valence-electron chi connectivity index (χ1n) is 8.62. The molecule has 0 atom stereocenters. The first-order chi connectivity index (χ1) is 12.2. The first kappa shape index (κ1) is 15.6. The van der Waals surface area contributed by atoms with Gasteiger partial charge < -0.3 is 10.6 Å². The van der Waals surface area contributed by atoms with E-state index in [1.165, 1.54) is 10.8 Å². The Morgan fingerprint density at radius 1 is 1.04 bits per heavy atom. The van der Waals surface area contributed by atoms with Crippen molar-refractivity contribution in [3.05, 3.63) is 54.7 Å². The van der Waals surface area contributed by atoms with Crippen molar-refractivity contribution in [1.29, 1.82) is 5.41 Å². The van der Waals surface area contributed by atoms with Gasteiger partial charge in [0.05, 0.1) is 11.5 Å². The topological polar surface area (TPSA) is 78.9 Å². The smallest absolute Gasteiger partial charge is 0.225 e. The van der Waals surface area contributed by atoms with Crippen molar-refractivity contribution in [2.75, 3.05) is 18.0 Å². The molecule has 126 valence electrons. The Hall–Kier alpha value is -2.95. The van der Waals surface area contributed by atoms with Crippen molar-refractivity contribution in [3.63, 3.8) is 0 Å². The summed E-state index contributed by atoms with van der Waals surface area (Å²) in [7, 11) is 0. The van der Waals surface area contributed by atoms with Gasteiger partial charge in [-0.3, -0.25) is 5.41 Å². The highest BCUT2D eigenvalue weighted by atomic mass is 15.3. The zero-order chi connectivity index (χ0) is 17.2. The van der Waals surface area contributed by atoms with Gasteiger partial charge >= 0.3 is 0 Å². The van der Waals surface area contributed by atoms with Crippen molar-refractivity contribution in [3.8, 4) is 11.3 Å². The van der Waals surface area contributed by atoms with Gasteiger partial charge in [-0.25, -0.2) is 9.97 Å². The van der Waals surface area contributed by atoms with Crippen molar-refractivity contribution in [2.24, 2.45) is 11.7 Å². The van der Waals surface area contributed by atoms with Crippen LogP contribution in [0.1, 0.15) is 12.8 Å². The molecule has 0 bridgehead atoms. The molecule has 3 aromatic rings. The predicted molar refractivity (Wildman–Crippen MR) is 102 cm³/mol. The molecule has 2 aromatic carbocycles. The van der Waals surface area contributed by atoms with Crippen LogP contribution in [-0.2, 0) is 0 Å². The van der Waals surface area contributed by atoms with Gasteiger partial charge in [0.15, 0.2) is 0 Å². The summed E-state index contributed by atoms with van der Waals surface area (Å²) in [4.78, 5) is 11.4. The average molecular weight is 331 g/mol. The van der Waals surface area contributed by atoms with Gasteiger partial charge in [0.25, 0.3) is 0 Å². The third-order valence-electron chi connectivity index (χ3n) is 4.91. The van der Waals surface area contributed by atoms with Crippen LogP contribution in [0.15, 0.2) is 54.7 Å². The number of benzene rings is 2. The monoisotopic (exact) mass is 331 g/mol. The highest BCUT2D eigenvalue weighted by Gasteiger charge is 2.22. The van der Waals surface area contributed by atoms with Gasteiger partial charge in [-0.2, -0.15) is 0 Å². The van der Waals surface area contributed by atoms with Gasteiger partial charge in [-0.15, -0.1) is 0 Å². The number of piperidine rings is 1. The Morgan fingerprint density at radius 3 is 2.56 bits per heavy atom. The zero-order valence-electron chi connectivity index (χ0n) is 14.0. The van der Waals surface area contributed by atoms with Gasteiger partial charge in [0.1, 0.15) is 0 Å². The van der Waals surface area contributed by atoms with Gasteiger partial charge in [-0.1, -0.05) is 36.4 Å². The Kier molecular flexibility index (Phi) is 4.06. The second kappa shape index (κ2) is 6.51. The fourth-order valence-corrected chi connectivity index (χ4v) is 3.40. The van der Waals surface area contributed by atoms with E-state index in [2.05, 4.69) is 52.3 Å². The number of aromatic nitrogens is 2. The van der Waals surface area contributed by atoms with Gasteiger partial charge in [0, 0.05) is 30.8 Å². The number of amidine groups is 1. The molecule has 1 fully saturated rings. The van der Waals surface area contributed by atoms with Crippen LogP contribution >= 0.6 is 0 Å². The Bertz CT molecular complexity index is 913. The van der Waals surface area contributed by atoms with Crippen LogP contribution in [0.4, 0.5) is 5.95 Å². The normalized spacial score (nSPS) is 15.4. The minimum atomic E-state index is 0.194. The van der Waals surface area contributed by atoms with E-state index in [0.717, 1.165) is 43.1 Å². The molecule has 1 aromatic heterocycles. The molecule has 4 rings (SSSR count). The van der Waals surface area contributed by atoms with E-state index < -0.39 is 0 Å². The van der Waals surface area contributed by atoms with E-state index >= 15 is 0 Å². The molecule has 0 amide bonds. The largest absolute Gasteiger partial charge is 0.387 e. The lowest BCUT2D eigenvalue weighted by atomic mass is 9.96. The van der Waals surface area contributed by atoms with Crippen LogP contribution < -0.4 is 10.6 Å². The molecule has 5 nitrogen and oxygen atoms in total. The maximum atomic E-state index is 7.60. The Labute approximate surface area is 147 Å². The first-order valence-corrected chi connectivity index (χ1v) is 8.62. The molecule has 0 radical (unpaired) electrons. The minimum Gasteiger partial charge on any atom is -0.387 e. The van der Waals surface area contributed by atoms with Crippen LogP contribution in [-0.4, -0.2) is 28.9 Å². The summed E-state index contributed by atoms with van der Waals surface area (Å²) >= 11 is 0. The fourth-order valence-electron chi connectivity index (χ4n) is 3.40. The number of hydrogen-bond acceptors (Lipinski definition) is 4. The number of rotatable bonds is 3. The molecule has 2 heterocycles. The summed E-state index contributed by atoms with van der Waals surface area (Å²) in [6.45, 7) is 1.68. The standard InChI is InChI=1S/C20H21N5/c21-19(22)15-8-11-25(12-9-15)20-23-10-7-18(24-20)17-6-5-14-3-1-2-4-16(14)13-17/h1-7,10,13,15H,8-9,11-12H2,(H3,21,22). The molecule has 0 unspecified atom stereocenters. The molecule has 1 saturated heterocycles. The molecular weight excluding hydrogens is 310 g/mol. The summed E-state index contributed by atoms with van der Waals surface area (Å²) in [6, 6.07) is 16.7. The third kappa shape index (κ3) is 3.18. The van der Waals surface area contributed by atoms with Crippen LogP contribution in [0.5, 0.6) is 0 Å². The van der Waals surface area contributed by atoms with Crippen LogP contribution in [0, 0.1) is 11.3 Å². The number of fused-ring (bicyclic) bond motifs is 1. The summed E-state index contributed by atoms with van der Waals surface area (Å²) in [6.07, 6.45) is 3.60. The SMILES string of the molecule is N=C(N)C1CCN(c2nccc(-c3ccc4ccccc4c3)n2)CC1. The van der Waals surface area contributed by atoms with E-state index in [9.17, 15) is 0 Å². The van der Waals surface area contributed by atoms with Crippen molar-refractivity contribution >= 4 is 22.6 Å². The lowest BCUT2D eigenvalue weighted by molar-refractivity contribution is 0.492. The van der Waals surface area contributed by atoms with Crippen LogP contribution in [0.3, 0.4) is 0 Å². The third-order valence-corrected chi connectivity index (χ3v) is 4.91. The highest BCUT2D eigenvalue weighted by Crippen LogP contribution is 2.25. The van der Waals surface area contributed by atoms with E-state index in [0.29, 0.717) is 5.84 Å². The van der Waals surface area contributed by atoms with Crippen LogP contribution in [0.2, 0.25) is 0 Å². The maximum absolute atomic E-state index is 7.60. The minimum absolute atomic E-state index is 0.194. The summed E-state index contributed by atoms with van der Waals surface area (Å²) < 4.78 is 0. The number of nitrogens with zero attached hydrogens (tertiary/aromatic N) is 3. The number of hydrogen-bond donors (Lipinski definition) is 2. The molecule has 0 spiro atoms. The highest BCUT2D eigenvalue weighted by molar-refractivity contribution is 5.86. The predicted octanol–water partition coefficient (Wildman–Crippen LogP) is 3.45. The summed E-state index contributed by atoms with van der Waals surface area (Å²) in [5, 5.41) is 10.0. The Morgan fingerprint density at radius 2 is 1.80 bits per heavy atom. The molecule has 0 aliphatic carbocycles. The number of nitrogens with one attached hydrogen (secondary N) is 1. The average Bonchev–Trinajstić information content (AvgIpc) is 2.68. The van der Waals surface area contributed by atoms with Gasteiger partial charge in [0.2, 0.25) is 5.95 Å². The molecule has 3 N–H and O–H groups in total. The zero-order valence-corrected chi connectivity index (χ0v) is 14.0. The van der Waals surface area contributed by atoms with E-state index in [-0.39, 0.29) is 5.92 Å². The summed E-state index contributed by atoms with van der Waals surface area (Å²) in [5.41, 5.74) is 7.66. The molecule has 1 aliphatic rings. The quantitative estimate of drug-likeness (QED) is 0.569. The maximum Gasteiger partial charge on any atom is 0.225 e. The van der Waals surface area contributed by atoms with E-state index in [1.807, 2.05) is 12.3 Å². The molecule has 0 saturated carbocycles. The molecular formula is C20H21N5. The second-order valence-corrected chi connectivity index (χ2v) is 6.52. The molecule has 25 heavy (non-hydrogen) atoms.